The lowest BCUT2D eigenvalue weighted by Crippen LogP contribution is -2.36. The number of likely N-dealkylation sites (tertiary alicyclic amines) is 1. The zero-order valence-corrected chi connectivity index (χ0v) is 23.8. The van der Waals surface area contributed by atoms with Gasteiger partial charge in [-0.05, 0) is 86.4 Å². The van der Waals surface area contributed by atoms with Crippen LogP contribution in [-0.2, 0) is 10.0 Å². The van der Waals surface area contributed by atoms with Gasteiger partial charge in [0.1, 0.15) is 6.10 Å². The number of benzene rings is 2. The van der Waals surface area contributed by atoms with Crippen LogP contribution in [0.4, 0.5) is 5.95 Å². The number of nitrogens with one attached hydrogen (secondary N) is 1. The van der Waals surface area contributed by atoms with Crippen molar-refractivity contribution < 1.29 is 13.2 Å². The minimum Gasteiger partial charge on any atom is -0.473 e. The summed E-state index contributed by atoms with van der Waals surface area (Å²) in [6.07, 6.45) is 2.75. The predicted octanol–water partition coefficient (Wildman–Crippen LogP) is 5.94. The fraction of sp³-hybridized carbons (Fsp3) is 0.467. The van der Waals surface area contributed by atoms with E-state index in [1.54, 1.807) is 12.1 Å². The summed E-state index contributed by atoms with van der Waals surface area (Å²) in [7, 11) is -3.88. The van der Waals surface area contributed by atoms with Crippen LogP contribution < -0.4 is 9.46 Å². The van der Waals surface area contributed by atoms with E-state index in [0.717, 1.165) is 61.2 Å². The number of rotatable bonds is 3. The second-order valence-electron chi connectivity index (χ2n) is 11.9. The van der Waals surface area contributed by atoms with E-state index >= 15 is 0 Å². The van der Waals surface area contributed by atoms with Crippen LogP contribution in [-0.4, -0.2) is 49.0 Å². The molecule has 2 aliphatic rings. The van der Waals surface area contributed by atoms with Gasteiger partial charge < -0.3 is 4.74 Å². The first-order chi connectivity index (χ1) is 18.0. The molecule has 1 N–H and O–H groups in total. The first-order valence-electron chi connectivity index (χ1n) is 13.4. The Morgan fingerprint density at radius 2 is 1.79 bits per heavy atom. The zero-order chi connectivity index (χ0) is 27.1. The molecular weight excluding hydrogens is 496 g/mol. The summed E-state index contributed by atoms with van der Waals surface area (Å²) in [4.78, 5) is 11.9. The molecular formula is C30H38N4O3S. The van der Waals surface area contributed by atoms with E-state index < -0.39 is 10.0 Å². The average molecular weight is 535 g/mol. The van der Waals surface area contributed by atoms with Crippen LogP contribution in [0.1, 0.15) is 62.6 Å². The molecule has 2 atom stereocenters. The monoisotopic (exact) mass is 534 g/mol. The molecule has 0 radical (unpaired) electrons. The quantitative estimate of drug-likeness (QED) is 0.448. The van der Waals surface area contributed by atoms with Crippen molar-refractivity contribution in [2.45, 2.75) is 70.8 Å². The summed E-state index contributed by atoms with van der Waals surface area (Å²) in [5.74, 6) is 0.593. The van der Waals surface area contributed by atoms with Crippen molar-refractivity contribution in [1.82, 2.24) is 14.9 Å². The van der Waals surface area contributed by atoms with E-state index in [4.69, 9.17) is 4.74 Å². The van der Waals surface area contributed by atoms with E-state index in [-0.39, 0.29) is 28.3 Å². The molecule has 1 fully saturated rings. The summed E-state index contributed by atoms with van der Waals surface area (Å²) < 4.78 is 36.0. The van der Waals surface area contributed by atoms with Gasteiger partial charge in [-0.2, -0.15) is 4.98 Å². The lowest BCUT2D eigenvalue weighted by Gasteiger charge is -2.28. The molecule has 6 bridgehead atoms. The van der Waals surface area contributed by atoms with Crippen LogP contribution in [0.2, 0.25) is 0 Å². The second kappa shape index (κ2) is 10.3. The van der Waals surface area contributed by atoms with Gasteiger partial charge in [-0.25, -0.2) is 18.1 Å². The third-order valence-electron chi connectivity index (χ3n) is 7.57. The molecule has 3 aromatic rings. The van der Waals surface area contributed by atoms with Crippen LogP contribution in [0.3, 0.4) is 0 Å². The molecule has 1 saturated heterocycles. The van der Waals surface area contributed by atoms with E-state index in [1.807, 2.05) is 50.2 Å². The van der Waals surface area contributed by atoms with Crippen LogP contribution in [0.5, 0.6) is 5.88 Å². The summed E-state index contributed by atoms with van der Waals surface area (Å²) in [5.41, 5.74) is 4.99. The third-order valence-corrected chi connectivity index (χ3v) is 8.90. The smallest absolute Gasteiger partial charge is 0.264 e. The van der Waals surface area contributed by atoms with Crippen molar-refractivity contribution in [3.8, 4) is 17.1 Å². The van der Waals surface area contributed by atoms with Crippen molar-refractivity contribution in [3.63, 3.8) is 0 Å². The number of nitrogens with zero attached hydrogens (tertiary/aromatic N) is 3. The number of hydrogen-bond acceptors (Lipinski definition) is 6. The van der Waals surface area contributed by atoms with Crippen LogP contribution >= 0.6 is 0 Å². The average Bonchev–Trinajstić information content (AvgIpc) is 3.04. The number of aromatic nitrogens is 2. The van der Waals surface area contributed by atoms with Crippen LogP contribution in [0, 0.1) is 19.3 Å². The Kier molecular flexibility index (Phi) is 7.22. The minimum absolute atomic E-state index is 0.0147. The van der Waals surface area contributed by atoms with Gasteiger partial charge in [0.15, 0.2) is 0 Å². The Morgan fingerprint density at radius 1 is 1.05 bits per heavy atom. The Morgan fingerprint density at radius 3 is 2.53 bits per heavy atom. The summed E-state index contributed by atoms with van der Waals surface area (Å²) in [5, 5.41) is 0. The van der Waals surface area contributed by atoms with Crippen molar-refractivity contribution in [1.29, 1.82) is 0 Å². The Labute approximate surface area is 226 Å². The Hall–Kier alpha value is -2.97. The van der Waals surface area contributed by atoms with Gasteiger partial charge in [0, 0.05) is 18.2 Å². The second-order valence-corrected chi connectivity index (χ2v) is 13.6. The normalized spacial score (nSPS) is 21.3. The maximum atomic E-state index is 13.4. The number of ether oxygens (including phenoxy) is 1. The van der Waals surface area contributed by atoms with Gasteiger partial charge in [0.05, 0.1) is 10.6 Å². The zero-order valence-electron chi connectivity index (χ0n) is 23.0. The Balaban J connectivity index is 1.60. The van der Waals surface area contributed by atoms with Crippen molar-refractivity contribution in [2.75, 3.05) is 24.4 Å². The first kappa shape index (κ1) is 26.6. The molecule has 2 aliphatic heterocycles. The van der Waals surface area contributed by atoms with E-state index in [2.05, 4.69) is 40.4 Å². The molecule has 38 heavy (non-hydrogen) atoms. The fourth-order valence-electron chi connectivity index (χ4n) is 5.48. The largest absolute Gasteiger partial charge is 0.473 e. The first-order valence-corrected chi connectivity index (χ1v) is 14.9. The molecule has 1 unspecified atom stereocenters. The minimum atomic E-state index is -3.88. The molecule has 7 nitrogen and oxygen atoms in total. The number of aryl methyl sites for hydroxylation is 2. The van der Waals surface area contributed by atoms with Gasteiger partial charge in [-0.15, -0.1) is 0 Å². The van der Waals surface area contributed by atoms with E-state index in [0.29, 0.717) is 11.6 Å². The highest BCUT2D eigenvalue weighted by Crippen LogP contribution is 2.35. The van der Waals surface area contributed by atoms with Crippen LogP contribution in [0.25, 0.3) is 11.3 Å². The number of sulfonamides is 1. The maximum Gasteiger partial charge on any atom is 0.264 e. The SMILES string of the molecule is Cc1cccc(C)c1-c1cc2nc(n1)NS(=O)(=O)c1cccc(c1)C1CCN(CCC(C)(C)C)C[C@@H](C1)O2. The van der Waals surface area contributed by atoms with Crippen molar-refractivity contribution >= 4 is 16.0 Å². The molecule has 5 rings (SSSR count). The molecule has 0 aliphatic carbocycles. The summed E-state index contributed by atoms with van der Waals surface area (Å²) in [6, 6.07) is 15.2. The molecule has 202 valence electrons. The molecule has 3 heterocycles. The number of hydrogen-bond donors (Lipinski definition) is 1. The number of anilines is 1. The van der Waals surface area contributed by atoms with Crippen molar-refractivity contribution in [2.24, 2.45) is 5.41 Å². The van der Waals surface area contributed by atoms with Crippen LogP contribution in [0.15, 0.2) is 53.4 Å². The molecule has 2 aromatic carbocycles. The van der Waals surface area contributed by atoms with Gasteiger partial charge in [-0.3, -0.25) is 4.90 Å². The highest BCUT2D eigenvalue weighted by molar-refractivity contribution is 7.92. The van der Waals surface area contributed by atoms with Gasteiger partial charge >= 0.3 is 0 Å². The lowest BCUT2D eigenvalue weighted by atomic mass is 9.91. The molecule has 0 saturated carbocycles. The van der Waals surface area contributed by atoms with E-state index in [9.17, 15) is 8.42 Å². The number of fused-ring (bicyclic) bond motifs is 7. The lowest BCUT2D eigenvalue weighted by molar-refractivity contribution is 0.127. The van der Waals surface area contributed by atoms with Crippen molar-refractivity contribution in [3.05, 3.63) is 65.2 Å². The standard InChI is InChI=1S/C30H38N4O3S/c1-20-8-6-9-21(2)28(20)26-18-27-32-29(31-26)33-38(35,36)25-11-7-10-22(17-25)23-12-14-34(15-13-30(3,4)5)19-24(16-23)37-27/h6-11,17-18,23-24H,12-16,19H2,1-5H3,(H,31,32,33)/t23?,24-/m1/s1. The molecule has 1 aromatic heterocycles. The van der Waals surface area contributed by atoms with E-state index in [1.165, 1.54) is 0 Å². The highest BCUT2D eigenvalue weighted by Gasteiger charge is 2.30. The van der Waals surface area contributed by atoms with Gasteiger partial charge in [0.25, 0.3) is 10.0 Å². The molecule has 8 heteroatoms. The van der Waals surface area contributed by atoms with Gasteiger partial charge in [0.2, 0.25) is 11.8 Å². The summed E-state index contributed by atoms with van der Waals surface area (Å²) in [6.45, 7) is 13.6. The third kappa shape index (κ3) is 6.02. The molecule has 0 amide bonds. The molecule has 0 spiro atoms. The Bertz CT molecular complexity index is 1410. The highest BCUT2D eigenvalue weighted by atomic mass is 32.2. The van der Waals surface area contributed by atoms with Gasteiger partial charge in [-0.1, -0.05) is 51.1 Å². The topological polar surface area (TPSA) is 84.4 Å². The summed E-state index contributed by atoms with van der Waals surface area (Å²) >= 11 is 0. The predicted molar refractivity (Wildman–Crippen MR) is 151 cm³/mol. The maximum absolute atomic E-state index is 13.4. The fourth-order valence-corrected chi connectivity index (χ4v) is 6.47.